The number of hydrogen-bond acceptors (Lipinski definition) is 6. The molecule has 1 heterocycles. The average Bonchev–Trinajstić information content (AvgIpc) is 2.74. The molecule has 0 bridgehead atoms. The largest absolute Gasteiger partial charge is 0.484 e. The van der Waals surface area contributed by atoms with Gasteiger partial charge in [0.15, 0.2) is 12.3 Å². The number of aromatic nitrogens is 2. The van der Waals surface area contributed by atoms with Crippen LogP contribution in [0.2, 0.25) is 0 Å². The van der Waals surface area contributed by atoms with Crippen molar-refractivity contribution in [2.45, 2.75) is 46.6 Å². The summed E-state index contributed by atoms with van der Waals surface area (Å²) < 4.78 is 12.1. The van der Waals surface area contributed by atoms with Gasteiger partial charge < -0.3 is 20.1 Å². The fraction of sp³-hybridized carbons (Fsp3) is 0.522. The number of amides is 1. The van der Waals surface area contributed by atoms with Crippen LogP contribution in [0.4, 0.5) is 11.5 Å². The first kappa shape index (κ1) is 25.2. The summed E-state index contributed by atoms with van der Waals surface area (Å²) >= 11 is 0. The highest BCUT2D eigenvalue weighted by Gasteiger charge is 2.24. The quantitative estimate of drug-likeness (QED) is 0.511. The summed E-state index contributed by atoms with van der Waals surface area (Å²) in [6.45, 7) is 8.62. The van der Waals surface area contributed by atoms with E-state index in [1.807, 2.05) is 32.0 Å². The third kappa shape index (κ3) is 6.46. The highest BCUT2D eigenvalue weighted by Crippen LogP contribution is 2.21. The van der Waals surface area contributed by atoms with E-state index < -0.39 is 17.2 Å². The summed E-state index contributed by atoms with van der Waals surface area (Å²) in [5.41, 5.74) is 5.95. The Morgan fingerprint density at radius 2 is 1.94 bits per heavy atom. The number of H-pyrrole nitrogens is 1. The number of anilines is 2. The van der Waals surface area contributed by atoms with Gasteiger partial charge in [-0.15, -0.1) is 0 Å². The number of methoxy groups -OCH3 is 1. The maximum Gasteiger partial charge on any atom is 0.330 e. The smallest absolute Gasteiger partial charge is 0.330 e. The molecule has 1 aromatic heterocycles. The van der Waals surface area contributed by atoms with Gasteiger partial charge in [0.1, 0.15) is 11.6 Å². The first-order chi connectivity index (χ1) is 15.1. The second-order valence-corrected chi connectivity index (χ2v) is 8.41. The van der Waals surface area contributed by atoms with Gasteiger partial charge in [-0.05, 0) is 36.0 Å². The molecule has 3 N–H and O–H groups in total. The lowest BCUT2D eigenvalue weighted by molar-refractivity contribution is -0.120. The third-order valence-corrected chi connectivity index (χ3v) is 4.95. The minimum Gasteiger partial charge on any atom is -0.484 e. The van der Waals surface area contributed by atoms with Crippen LogP contribution < -0.4 is 26.6 Å². The van der Waals surface area contributed by atoms with Crippen molar-refractivity contribution in [2.24, 2.45) is 5.92 Å². The summed E-state index contributed by atoms with van der Waals surface area (Å²) in [5.74, 6) is 0.513. The molecule has 0 atom stereocenters. The molecule has 176 valence electrons. The number of hydrogen-bond donors (Lipinski definition) is 2. The van der Waals surface area contributed by atoms with Gasteiger partial charge in [0.25, 0.3) is 11.5 Å². The van der Waals surface area contributed by atoms with Gasteiger partial charge in [0, 0.05) is 26.8 Å². The monoisotopic (exact) mass is 446 g/mol. The maximum absolute atomic E-state index is 13.1. The van der Waals surface area contributed by atoms with E-state index in [0.29, 0.717) is 31.2 Å². The number of nitrogens with one attached hydrogen (secondary N) is 1. The second-order valence-electron chi connectivity index (χ2n) is 8.41. The van der Waals surface area contributed by atoms with E-state index in [2.05, 4.69) is 18.8 Å². The number of benzene rings is 1. The zero-order valence-corrected chi connectivity index (χ0v) is 19.5. The Labute approximate surface area is 188 Å². The topological polar surface area (TPSA) is 120 Å². The summed E-state index contributed by atoms with van der Waals surface area (Å²) in [4.78, 5) is 41.6. The van der Waals surface area contributed by atoms with Crippen molar-refractivity contribution in [1.29, 1.82) is 0 Å². The van der Waals surface area contributed by atoms with Gasteiger partial charge in [-0.1, -0.05) is 39.8 Å². The van der Waals surface area contributed by atoms with E-state index >= 15 is 0 Å². The van der Waals surface area contributed by atoms with Crippen LogP contribution in [0.25, 0.3) is 0 Å². The summed E-state index contributed by atoms with van der Waals surface area (Å²) in [5, 5.41) is 0. The lowest BCUT2D eigenvalue weighted by Crippen LogP contribution is -2.43. The molecule has 0 radical (unpaired) electrons. The number of nitrogens with two attached hydrogens (primary N) is 1. The molecule has 32 heavy (non-hydrogen) atoms. The van der Waals surface area contributed by atoms with Crippen LogP contribution in [0.1, 0.15) is 45.6 Å². The van der Waals surface area contributed by atoms with Gasteiger partial charge >= 0.3 is 5.69 Å². The standard InChI is InChI=1S/C23H34N4O5/c1-15(2)13-27-21(24)20(22(29)25-23(27)30)26(10-7-11-31-5)19(28)14-32-18-9-6-8-17(12-18)16(3)4/h6,8-9,12,15-16H,7,10-11,13-14,24H2,1-5H3,(H,25,29,30). The molecule has 0 saturated carbocycles. The average molecular weight is 447 g/mol. The molecule has 0 fully saturated rings. The SMILES string of the molecule is COCCCN(C(=O)COc1cccc(C(C)C)c1)c1c(N)n(CC(C)C)c(=O)[nH]c1=O. The third-order valence-electron chi connectivity index (χ3n) is 4.95. The number of ether oxygens (including phenoxy) is 2. The van der Waals surface area contributed by atoms with Crippen LogP contribution >= 0.6 is 0 Å². The van der Waals surface area contributed by atoms with Crippen LogP contribution in [0.15, 0.2) is 33.9 Å². The van der Waals surface area contributed by atoms with Crippen LogP contribution in [0, 0.1) is 5.92 Å². The van der Waals surface area contributed by atoms with E-state index in [4.69, 9.17) is 15.2 Å². The molecule has 9 heteroatoms. The minimum absolute atomic E-state index is 0.0416. The fourth-order valence-electron chi connectivity index (χ4n) is 3.30. The van der Waals surface area contributed by atoms with Crippen molar-refractivity contribution in [2.75, 3.05) is 37.5 Å². The second kappa shape index (κ2) is 11.5. The minimum atomic E-state index is -0.708. The van der Waals surface area contributed by atoms with Gasteiger partial charge in [-0.3, -0.25) is 19.1 Å². The van der Waals surface area contributed by atoms with Crippen molar-refractivity contribution in [1.82, 2.24) is 9.55 Å². The molecule has 0 saturated heterocycles. The Hall–Kier alpha value is -3.07. The molecule has 9 nitrogen and oxygen atoms in total. The molecule has 0 unspecified atom stereocenters. The summed E-state index contributed by atoms with van der Waals surface area (Å²) in [6, 6.07) is 7.53. The molecule has 2 rings (SSSR count). The van der Waals surface area contributed by atoms with Crippen molar-refractivity contribution in [3.63, 3.8) is 0 Å². The molecular weight excluding hydrogens is 412 g/mol. The molecule has 0 spiro atoms. The van der Waals surface area contributed by atoms with Gasteiger partial charge in [-0.25, -0.2) is 4.79 Å². The van der Waals surface area contributed by atoms with Crippen LogP contribution in [-0.4, -0.2) is 42.3 Å². The molecule has 0 aliphatic carbocycles. The highest BCUT2D eigenvalue weighted by atomic mass is 16.5. The van der Waals surface area contributed by atoms with Crippen LogP contribution in [0.5, 0.6) is 5.75 Å². The molecular formula is C23H34N4O5. The number of carbonyl (C=O) groups is 1. The van der Waals surface area contributed by atoms with E-state index in [9.17, 15) is 14.4 Å². The molecule has 0 aliphatic rings. The zero-order valence-electron chi connectivity index (χ0n) is 19.5. The van der Waals surface area contributed by atoms with E-state index in [0.717, 1.165) is 5.56 Å². The van der Waals surface area contributed by atoms with Crippen LogP contribution in [0.3, 0.4) is 0 Å². The van der Waals surface area contributed by atoms with Crippen molar-refractivity contribution >= 4 is 17.4 Å². The Bertz CT molecular complexity index is 1030. The lowest BCUT2D eigenvalue weighted by Gasteiger charge is -2.25. The predicted octanol–water partition coefficient (Wildman–Crippen LogP) is 2.35. The van der Waals surface area contributed by atoms with E-state index in [1.165, 1.54) is 9.47 Å². The van der Waals surface area contributed by atoms with E-state index in [-0.39, 0.29) is 30.6 Å². The normalized spacial score (nSPS) is 11.2. The zero-order chi connectivity index (χ0) is 23.8. The Morgan fingerprint density at radius 3 is 2.56 bits per heavy atom. The fourth-order valence-corrected chi connectivity index (χ4v) is 3.30. The number of carbonyl (C=O) groups excluding carboxylic acids is 1. The molecule has 1 aromatic carbocycles. The van der Waals surface area contributed by atoms with Gasteiger partial charge in [0.2, 0.25) is 0 Å². The van der Waals surface area contributed by atoms with Gasteiger partial charge in [0.05, 0.1) is 0 Å². The Balaban J connectivity index is 2.35. The predicted molar refractivity (Wildman–Crippen MR) is 125 cm³/mol. The van der Waals surface area contributed by atoms with Crippen molar-refractivity contribution < 1.29 is 14.3 Å². The highest BCUT2D eigenvalue weighted by molar-refractivity contribution is 5.96. The first-order valence-corrected chi connectivity index (χ1v) is 10.8. The number of aromatic amines is 1. The molecule has 2 aromatic rings. The summed E-state index contributed by atoms with van der Waals surface area (Å²) in [6.07, 6.45) is 0.479. The van der Waals surface area contributed by atoms with Crippen molar-refractivity contribution in [3.8, 4) is 5.75 Å². The Kier molecular flexibility index (Phi) is 9.07. The van der Waals surface area contributed by atoms with Gasteiger partial charge in [-0.2, -0.15) is 0 Å². The van der Waals surface area contributed by atoms with E-state index in [1.54, 1.807) is 13.2 Å². The van der Waals surface area contributed by atoms with Crippen molar-refractivity contribution in [3.05, 3.63) is 50.7 Å². The first-order valence-electron chi connectivity index (χ1n) is 10.8. The molecule has 1 amide bonds. The number of nitrogen functional groups attached to an aromatic ring is 1. The Morgan fingerprint density at radius 1 is 1.22 bits per heavy atom. The maximum atomic E-state index is 13.1. The number of rotatable bonds is 11. The van der Waals surface area contributed by atoms with Crippen LogP contribution in [-0.2, 0) is 16.1 Å². The molecule has 0 aliphatic heterocycles. The summed E-state index contributed by atoms with van der Waals surface area (Å²) in [7, 11) is 1.56. The lowest BCUT2D eigenvalue weighted by atomic mass is 10.0. The number of nitrogens with zero attached hydrogens (tertiary/aromatic N) is 2.